The Kier molecular flexibility index (Phi) is 4.88. The SMILES string of the molecule is N=C(CO)c1nccnc1Cc1ccc(C(F)(F)F)c([N+](=O)[O-])c1. The summed E-state index contributed by atoms with van der Waals surface area (Å²) in [6.07, 6.45) is -2.28. The summed E-state index contributed by atoms with van der Waals surface area (Å²) < 4.78 is 38.4. The van der Waals surface area contributed by atoms with Crippen molar-refractivity contribution < 1.29 is 23.2 Å². The summed E-state index contributed by atoms with van der Waals surface area (Å²) in [5.41, 5.74) is -2.07. The average Bonchev–Trinajstić information content (AvgIpc) is 2.53. The van der Waals surface area contributed by atoms with Gasteiger partial charge in [0, 0.05) is 24.9 Å². The maximum absolute atomic E-state index is 12.8. The van der Waals surface area contributed by atoms with Crippen molar-refractivity contribution >= 4 is 11.4 Å². The number of hydrogen-bond donors (Lipinski definition) is 2. The second kappa shape index (κ2) is 6.71. The van der Waals surface area contributed by atoms with Crippen molar-refractivity contribution in [2.45, 2.75) is 12.6 Å². The summed E-state index contributed by atoms with van der Waals surface area (Å²) >= 11 is 0. The monoisotopic (exact) mass is 340 g/mol. The molecule has 2 rings (SSSR count). The topological polar surface area (TPSA) is 113 Å². The van der Waals surface area contributed by atoms with E-state index in [1.165, 1.54) is 12.4 Å². The van der Waals surface area contributed by atoms with E-state index in [2.05, 4.69) is 9.97 Å². The van der Waals surface area contributed by atoms with Gasteiger partial charge in [0.05, 0.1) is 22.9 Å². The number of alkyl halides is 3. The van der Waals surface area contributed by atoms with Crippen LogP contribution in [0.5, 0.6) is 0 Å². The summed E-state index contributed by atoms with van der Waals surface area (Å²) in [4.78, 5) is 17.7. The molecule has 2 N–H and O–H groups in total. The van der Waals surface area contributed by atoms with Crippen LogP contribution in [0, 0.1) is 15.5 Å². The molecule has 0 amide bonds. The molecule has 7 nitrogen and oxygen atoms in total. The summed E-state index contributed by atoms with van der Waals surface area (Å²) in [5.74, 6) is 0. The number of benzene rings is 1. The van der Waals surface area contributed by atoms with Gasteiger partial charge in [0.25, 0.3) is 5.69 Å². The predicted molar refractivity (Wildman–Crippen MR) is 76.9 cm³/mol. The third-order valence-corrected chi connectivity index (χ3v) is 3.15. The summed E-state index contributed by atoms with van der Waals surface area (Å²) in [6, 6.07) is 2.57. The van der Waals surface area contributed by atoms with Gasteiger partial charge in [0.1, 0.15) is 11.3 Å². The van der Waals surface area contributed by atoms with Crippen LogP contribution in [0.25, 0.3) is 0 Å². The van der Waals surface area contributed by atoms with Gasteiger partial charge in [-0.15, -0.1) is 0 Å². The zero-order chi connectivity index (χ0) is 17.9. The quantitative estimate of drug-likeness (QED) is 0.493. The molecule has 0 fully saturated rings. The lowest BCUT2D eigenvalue weighted by Crippen LogP contribution is -2.13. The fourth-order valence-corrected chi connectivity index (χ4v) is 2.09. The molecule has 1 aromatic carbocycles. The smallest absolute Gasteiger partial charge is 0.390 e. The van der Waals surface area contributed by atoms with Crippen LogP contribution in [0.15, 0.2) is 30.6 Å². The Morgan fingerprint density at radius 2 is 1.96 bits per heavy atom. The maximum Gasteiger partial charge on any atom is 0.422 e. The van der Waals surface area contributed by atoms with Crippen molar-refractivity contribution in [1.82, 2.24) is 9.97 Å². The van der Waals surface area contributed by atoms with E-state index in [0.29, 0.717) is 6.07 Å². The Labute approximate surface area is 133 Å². The largest absolute Gasteiger partial charge is 0.422 e. The molecule has 2 aromatic rings. The van der Waals surface area contributed by atoms with Gasteiger partial charge in [-0.1, -0.05) is 6.07 Å². The van der Waals surface area contributed by atoms with Crippen LogP contribution in [-0.4, -0.2) is 32.3 Å². The van der Waals surface area contributed by atoms with Crippen LogP contribution in [-0.2, 0) is 12.6 Å². The summed E-state index contributed by atoms with van der Waals surface area (Å²) in [7, 11) is 0. The molecular formula is C14H11F3N4O3. The van der Waals surface area contributed by atoms with Crippen molar-refractivity contribution in [2.24, 2.45) is 0 Å². The molecule has 0 bridgehead atoms. The normalized spacial score (nSPS) is 11.3. The lowest BCUT2D eigenvalue weighted by atomic mass is 10.0. The highest BCUT2D eigenvalue weighted by molar-refractivity contribution is 5.98. The van der Waals surface area contributed by atoms with E-state index in [0.717, 1.165) is 12.1 Å². The predicted octanol–water partition coefficient (Wildman–Crippen LogP) is 2.35. The van der Waals surface area contributed by atoms with Crippen LogP contribution in [0.2, 0.25) is 0 Å². The van der Waals surface area contributed by atoms with Crippen LogP contribution in [0.4, 0.5) is 18.9 Å². The third kappa shape index (κ3) is 3.71. The van der Waals surface area contributed by atoms with Crippen molar-refractivity contribution in [3.63, 3.8) is 0 Å². The number of nitrogens with zero attached hydrogens (tertiary/aromatic N) is 3. The second-order valence-corrected chi connectivity index (χ2v) is 4.77. The molecule has 0 aliphatic carbocycles. The molecular weight excluding hydrogens is 329 g/mol. The number of nitrogens with one attached hydrogen (secondary N) is 1. The van der Waals surface area contributed by atoms with Gasteiger partial charge in [-0.2, -0.15) is 13.2 Å². The zero-order valence-corrected chi connectivity index (χ0v) is 12.0. The Morgan fingerprint density at radius 1 is 1.29 bits per heavy atom. The van der Waals surface area contributed by atoms with E-state index >= 15 is 0 Å². The minimum absolute atomic E-state index is 0.0649. The van der Waals surface area contributed by atoms with Crippen molar-refractivity contribution in [2.75, 3.05) is 6.61 Å². The average molecular weight is 340 g/mol. The van der Waals surface area contributed by atoms with E-state index in [1.807, 2.05) is 0 Å². The van der Waals surface area contributed by atoms with E-state index in [-0.39, 0.29) is 29.1 Å². The molecule has 1 heterocycles. The molecule has 24 heavy (non-hydrogen) atoms. The van der Waals surface area contributed by atoms with Gasteiger partial charge in [-0.05, 0) is 11.6 Å². The number of rotatable bonds is 5. The molecule has 0 aliphatic rings. The first kappa shape index (κ1) is 17.5. The number of halogens is 3. The van der Waals surface area contributed by atoms with E-state index in [9.17, 15) is 23.3 Å². The second-order valence-electron chi connectivity index (χ2n) is 4.77. The highest BCUT2D eigenvalue weighted by Gasteiger charge is 2.38. The lowest BCUT2D eigenvalue weighted by molar-refractivity contribution is -0.388. The minimum Gasteiger partial charge on any atom is -0.390 e. The Balaban J connectivity index is 2.44. The van der Waals surface area contributed by atoms with E-state index in [4.69, 9.17) is 10.5 Å². The molecule has 0 saturated heterocycles. The zero-order valence-electron chi connectivity index (χ0n) is 12.0. The van der Waals surface area contributed by atoms with Crippen LogP contribution >= 0.6 is 0 Å². The molecule has 0 saturated carbocycles. The first-order chi connectivity index (χ1) is 11.2. The van der Waals surface area contributed by atoms with Gasteiger partial charge in [-0.3, -0.25) is 20.1 Å². The fourth-order valence-electron chi connectivity index (χ4n) is 2.09. The number of nitro groups is 1. The molecule has 0 atom stereocenters. The van der Waals surface area contributed by atoms with Crippen LogP contribution < -0.4 is 0 Å². The summed E-state index contributed by atoms with van der Waals surface area (Å²) in [5, 5.41) is 27.5. The first-order valence-corrected chi connectivity index (χ1v) is 6.57. The van der Waals surface area contributed by atoms with Crippen molar-refractivity contribution in [3.05, 3.63) is 63.2 Å². The molecule has 0 spiro atoms. The minimum atomic E-state index is -4.84. The molecule has 0 unspecified atom stereocenters. The van der Waals surface area contributed by atoms with Gasteiger partial charge in [0.15, 0.2) is 0 Å². The third-order valence-electron chi connectivity index (χ3n) is 3.15. The Morgan fingerprint density at radius 3 is 2.54 bits per heavy atom. The van der Waals surface area contributed by atoms with Crippen LogP contribution in [0.3, 0.4) is 0 Å². The van der Waals surface area contributed by atoms with Gasteiger partial charge < -0.3 is 10.5 Å². The Bertz CT molecular complexity index is 793. The molecule has 10 heteroatoms. The number of aliphatic hydroxyl groups excluding tert-OH is 1. The molecule has 0 aliphatic heterocycles. The van der Waals surface area contributed by atoms with Gasteiger partial charge in [-0.25, -0.2) is 0 Å². The Hall–Kier alpha value is -2.88. The van der Waals surface area contributed by atoms with Crippen LogP contribution in [0.1, 0.15) is 22.5 Å². The van der Waals surface area contributed by atoms with E-state index < -0.39 is 29.0 Å². The highest BCUT2D eigenvalue weighted by atomic mass is 19.4. The molecule has 126 valence electrons. The number of aliphatic hydroxyl groups is 1. The van der Waals surface area contributed by atoms with Gasteiger partial charge in [0.2, 0.25) is 0 Å². The number of hydrogen-bond acceptors (Lipinski definition) is 6. The first-order valence-electron chi connectivity index (χ1n) is 6.57. The molecule has 0 radical (unpaired) electrons. The van der Waals surface area contributed by atoms with Crippen molar-refractivity contribution in [1.29, 1.82) is 5.41 Å². The number of aromatic nitrogens is 2. The fraction of sp³-hybridized carbons (Fsp3) is 0.214. The standard InChI is InChI=1S/C14H11F3N4O3/c15-14(16,17)9-2-1-8(6-12(9)21(23)24)5-11-13(10(18)7-22)20-4-3-19-11/h1-4,6,18,22H,5,7H2. The van der Waals surface area contributed by atoms with Crippen molar-refractivity contribution in [3.8, 4) is 0 Å². The van der Waals surface area contributed by atoms with E-state index in [1.54, 1.807) is 0 Å². The highest BCUT2D eigenvalue weighted by Crippen LogP contribution is 2.36. The maximum atomic E-state index is 12.8. The molecule has 1 aromatic heterocycles. The number of nitro benzene ring substituents is 1. The summed E-state index contributed by atoms with van der Waals surface area (Å²) in [6.45, 7) is -0.584. The van der Waals surface area contributed by atoms with Gasteiger partial charge >= 0.3 is 6.18 Å². The lowest BCUT2D eigenvalue weighted by Gasteiger charge is -2.10.